The molecule has 7 nitrogen and oxygen atoms in total. The van der Waals surface area contributed by atoms with Crippen LogP contribution in [0.2, 0.25) is 0 Å². The third-order valence-electron chi connectivity index (χ3n) is 5.67. The Bertz CT molecular complexity index is 1370. The molecule has 180 valence electrons. The number of aryl methyl sites for hydroxylation is 3. The van der Waals surface area contributed by atoms with E-state index in [1.807, 2.05) is 66.3 Å². The van der Waals surface area contributed by atoms with Crippen molar-refractivity contribution in [3.8, 4) is 28.5 Å². The summed E-state index contributed by atoms with van der Waals surface area (Å²) in [7, 11) is 6.69. The SMILES string of the molecule is COc1cc(-c2cc(=Nc3ccc(C)cc3)c(Nc3ccc(C)cc3)nn2C)cc(OC)c1OC. The van der Waals surface area contributed by atoms with Crippen molar-refractivity contribution in [2.75, 3.05) is 26.6 Å². The fraction of sp³-hybridized carbons (Fsp3) is 0.214. The van der Waals surface area contributed by atoms with Crippen molar-refractivity contribution in [1.82, 2.24) is 9.78 Å². The average molecular weight is 471 g/mol. The summed E-state index contributed by atoms with van der Waals surface area (Å²) in [6.45, 7) is 4.12. The van der Waals surface area contributed by atoms with Gasteiger partial charge in [0.2, 0.25) is 5.75 Å². The molecule has 0 amide bonds. The van der Waals surface area contributed by atoms with Crippen LogP contribution in [0, 0.1) is 13.8 Å². The molecule has 0 saturated heterocycles. The van der Waals surface area contributed by atoms with Gasteiger partial charge in [0.25, 0.3) is 0 Å². The molecular formula is C28H30N4O3. The summed E-state index contributed by atoms with van der Waals surface area (Å²) in [5, 5.41) is 8.96. The highest BCUT2D eigenvalue weighted by molar-refractivity contribution is 5.70. The molecule has 35 heavy (non-hydrogen) atoms. The van der Waals surface area contributed by atoms with Gasteiger partial charge in [-0.25, -0.2) is 4.99 Å². The Kier molecular flexibility index (Phi) is 7.06. The first-order valence-electron chi connectivity index (χ1n) is 11.3. The molecule has 0 bridgehead atoms. The Labute approximate surface area is 205 Å². The van der Waals surface area contributed by atoms with Crippen molar-refractivity contribution < 1.29 is 14.2 Å². The number of nitrogens with one attached hydrogen (secondary N) is 1. The molecule has 0 fully saturated rings. The van der Waals surface area contributed by atoms with E-state index < -0.39 is 0 Å². The van der Waals surface area contributed by atoms with Crippen molar-refractivity contribution in [2.45, 2.75) is 13.8 Å². The molecule has 1 heterocycles. The largest absolute Gasteiger partial charge is 0.493 e. The van der Waals surface area contributed by atoms with E-state index in [2.05, 4.69) is 31.3 Å². The van der Waals surface area contributed by atoms with Crippen molar-refractivity contribution >= 4 is 17.2 Å². The molecule has 0 spiro atoms. The number of hydrogen-bond acceptors (Lipinski definition) is 6. The van der Waals surface area contributed by atoms with Crippen LogP contribution in [0.25, 0.3) is 11.3 Å². The molecule has 4 aromatic rings. The number of nitrogens with zero attached hydrogens (tertiary/aromatic N) is 3. The van der Waals surface area contributed by atoms with Gasteiger partial charge in [-0.2, -0.15) is 5.10 Å². The smallest absolute Gasteiger partial charge is 0.203 e. The van der Waals surface area contributed by atoms with Gasteiger partial charge in [-0.15, -0.1) is 0 Å². The summed E-state index contributed by atoms with van der Waals surface area (Å²) in [4.78, 5) is 4.92. The van der Waals surface area contributed by atoms with Gasteiger partial charge in [0.1, 0.15) is 5.36 Å². The minimum absolute atomic E-state index is 0.539. The monoisotopic (exact) mass is 470 g/mol. The van der Waals surface area contributed by atoms with Crippen LogP contribution < -0.4 is 24.9 Å². The first-order chi connectivity index (χ1) is 16.9. The normalized spacial score (nSPS) is 11.3. The zero-order valence-corrected chi connectivity index (χ0v) is 20.9. The summed E-state index contributed by atoms with van der Waals surface area (Å²) in [5.74, 6) is 2.33. The maximum atomic E-state index is 5.56. The van der Waals surface area contributed by atoms with E-state index in [-0.39, 0.29) is 0 Å². The number of aromatic nitrogens is 2. The van der Waals surface area contributed by atoms with Crippen LogP contribution in [-0.4, -0.2) is 31.1 Å². The minimum Gasteiger partial charge on any atom is -0.493 e. The van der Waals surface area contributed by atoms with Crippen LogP contribution in [-0.2, 0) is 7.05 Å². The molecule has 3 aromatic carbocycles. The topological polar surface area (TPSA) is 69.9 Å². The Morgan fingerprint density at radius 1 is 0.771 bits per heavy atom. The molecule has 0 aliphatic heterocycles. The number of rotatable bonds is 7. The first kappa shape index (κ1) is 23.9. The zero-order valence-electron chi connectivity index (χ0n) is 20.9. The summed E-state index contributed by atoms with van der Waals surface area (Å²) in [6.07, 6.45) is 0. The van der Waals surface area contributed by atoms with Crippen LogP contribution in [0.3, 0.4) is 0 Å². The van der Waals surface area contributed by atoms with Crippen LogP contribution in [0.15, 0.2) is 71.7 Å². The predicted octanol–water partition coefficient (Wildman–Crippen LogP) is 5.71. The van der Waals surface area contributed by atoms with Crippen LogP contribution in [0.4, 0.5) is 17.2 Å². The molecule has 0 aliphatic carbocycles. The summed E-state index contributed by atoms with van der Waals surface area (Å²) in [6, 6.07) is 22.1. The third kappa shape index (κ3) is 5.30. The molecular weight excluding hydrogens is 440 g/mol. The number of benzene rings is 3. The fourth-order valence-corrected chi connectivity index (χ4v) is 3.75. The average Bonchev–Trinajstić information content (AvgIpc) is 2.87. The molecule has 1 N–H and O–H groups in total. The first-order valence-corrected chi connectivity index (χ1v) is 11.3. The van der Waals surface area contributed by atoms with E-state index in [1.54, 1.807) is 21.3 Å². The molecule has 1 aromatic heterocycles. The summed E-state index contributed by atoms with van der Waals surface area (Å²) in [5.41, 5.74) is 5.84. The third-order valence-corrected chi connectivity index (χ3v) is 5.67. The molecule has 0 saturated carbocycles. The number of ether oxygens (including phenoxy) is 3. The van der Waals surface area contributed by atoms with Crippen molar-refractivity contribution in [2.24, 2.45) is 12.0 Å². The lowest BCUT2D eigenvalue weighted by molar-refractivity contribution is 0.324. The van der Waals surface area contributed by atoms with Crippen molar-refractivity contribution in [1.29, 1.82) is 0 Å². The molecule has 0 radical (unpaired) electrons. The Morgan fingerprint density at radius 3 is 1.89 bits per heavy atom. The van der Waals surface area contributed by atoms with Gasteiger partial charge < -0.3 is 19.5 Å². The molecule has 0 unspecified atom stereocenters. The molecule has 0 aliphatic rings. The molecule has 7 heteroatoms. The number of hydrogen-bond donors (Lipinski definition) is 1. The minimum atomic E-state index is 0.539. The number of anilines is 2. The van der Waals surface area contributed by atoms with E-state index in [9.17, 15) is 0 Å². The summed E-state index contributed by atoms with van der Waals surface area (Å²) < 4.78 is 18.4. The highest BCUT2D eigenvalue weighted by Crippen LogP contribution is 2.41. The maximum absolute atomic E-state index is 5.56. The van der Waals surface area contributed by atoms with E-state index in [0.717, 1.165) is 22.6 Å². The zero-order chi connectivity index (χ0) is 24.9. The standard InChI is InChI=1S/C28H30N4O3/c1-18-7-11-21(12-8-18)29-23-17-24(20-15-25(33-4)27(35-6)26(16-20)34-5)32(3)31-28(23)30-22-13-9-19(2)10-14-22/h7-17H,1-6H3,(H,30,31). The van der Waals surface area contributed by atoms with E-state index in [1.165, 1.54) is 11.1 Å². The molecule has 4 rings (SSSR count). The van der Waals surface area contributed by atoms with Crippen LogP contribution >= 0.6 is 0 Å². The quantitative estimate of drug-likeness (QED) is 0.375. The van der Waals surface area contributed by atoms with Gasteiger partial charge in [-0.1, -0.05) is 35.4 Å². The second kappa shape index (κ2) is 10.3. The van der Waals surface area contributed by atoms with Crippen molar-refractivity contribution in [3.05, 3.63) is 83.2 Å². The van der Waals surface area contributed by atoms with Gasteiger partial charge in [-0.05, 0) is 56.3 Å². The van der Waals surface area contributed by atoms with Crippen LogP contribution in [0.1, 0.15) is 11.1 Å². The maximum Gasteiger partial charge on any atom is 0.203 e. The van der Waals surface area contributed by atoms with Gasteiger partial charge in [0.15, 0.2) is 17.3 Å². The predicted molar refractivity (Wildman–Crippen MR) is 139 cm³/mol. The van der Waals surface area contributed by atoms with Crippen molar-refractivity contribution in [3.63, 3.8) is 0 Å². The molecule has 0 atom stereocenters. The van der Waals surface area contributed by atoms with E-state index in [4.69, 9.17) is 24.3 Å². The second-order valence-electron chi connectivity index (χ2n) is 8.24. The Morgan fingerprint density at radius 2 is 1.34 bits per heavy atom. The lowest BCUT2D eigenvalue weighted by atomic mass is 10.1. The summed E-state index contributed by atoms with van der Waals surface area (Å²) >= 11 is 0. The Balaban J connectivity index is 1.90. The van der Waals surface area contributed by atoms with Crippen LogP contribution in [0.5, 0.6) is 17.2 Å². The highest BCUT2D eigenvalue weighted by Gasteiger charge is 2.16. The van der Waals surface area contributed by atoms with Gasteiger partial charge in [-0.3, -0.25) is 4.68 Å². The Hall–Kier alpha value is -4.26. The lowest BCUT2D eigenvalue weighted by Gasteiger charge is -2.17. The fourth-order valence-electron chi connectivity index (χ4n) is 3.75. The number of methoxy groups -OCH3 is 3. The highest BCUT2D eigenvalue weighted by atomic mass is 16.5. The second-order valence-corrected chi connectivity index (χ2v) is 8.24. The van der Waals surface area contributed by atoms with Gasteiger partial charge >= 0.3 is 0 Å². The lowest BCUT2D eigenvalue weighted by Crippen LogP contribution is -2.17. The van der Waals surface area contributed by atoms with E-state index >= 15 is 0 Å². The van der Waals surface area contributed by atoms with Gasteiger partial charge in [0, 0.05) is 18.3 Å². The van der Waals surface area contributed by atoms with Gasteiger partial charge in [0.05, 0.1) is 32.7 Å². The van der Waals surface area contributed by atoms with E-state index in [0.29, 0.717) is 28.4 Å².